The van der Waals surface area contributed by atoms with Crippen LogP contribution in [0.3, 0.4) is 0 Å². The van der Waals surface area contributed by atoms with Crippen molar-refractivity contribution in [3.63, 3.8) is 0 Å². The van der Waals surface area contributed by atoms with Crippen LogP contribution in [0.25, 0.3) is 0 Å². The first-order valence-electron chi connectivity index (χ1n) is 7.10. The van der Waals surface area contributed by atoms with Gasteiger partial charge in [-0.2, -0.15) is 4.98 Å². The topological polar surface area (TPSA) is 64.9 Å². The fraction of sp³-hybridized carbons (Fsp3) is 0.467. The Hall–Kier alpha value is -1.04. The molecule has 1 aliphatic rings. The Morgan fingerprint density at radius 1 is 1.33 bits per heavy atom. The average Bonchev–Trinajstić information content (AvgIpc) is 2.89. The number of thioether (sulfide) groups is 1. The van der Waals surface area contributed by atoms with Gasteiger partial charge >= 0.3 is 0 Å². The van der Waals surface area contributed by atoms with Gasteiger partial charge in [-0.3, -0.25) is 0 Å². The van der Waals surface area contributed by atoms with Crippen molar-refractivity contribution in [1.82, 2.24) is 10.1 Å². The highest BCUT2D eigenvalue weighted by Crippen LogP contribution is 2.42. The zero-order chi connectivity index (χ0) is 14.7. The molecular weight excluding hydrogens is 306 g/mol. The number of halogens is 1. The molecule has 6 heteroatoms. The molecule has 21 heavy (non-hydrogen) atoms. The van der Waals surface area contributed by atoms with Crippen LogP contribution in [0.2, 0.25) is 5.02 Å². The van der Waals surface area contributed by atoms with Crippen molar-refractivity contribution < 1.29 is 4.52 Å². The lowest BCUT2D eigenvalue weighted by Gasteiger charge is -2.39. The molecule has 0 bridgehead atoms. The Balaban J connectivity index is 1.59. The normalized spacial score (nSPS) is 16.7. The van der Waals surface area contributed by atoms with Gasteiger partial charge in [-0.15, -0.1) is 11.8 Å². The monoisotopic (exact) mass is 323 g/mol. The van der Waals surface area contributed by atoms with E-state index in [1.165, 1.54) is 6.42 Å². The summed E-state index contributed by atoms with van der Waals surface area (Å²) >= 11 is 7.74. The molecule has 1 heterocycles. The number of rotatable bonds is 6. The number of nitrogens with zero attached hydrogens (tertiary/aromatic N) is 2. The van der Waals surface area contributed by atoms with Gasteiger partial charge in [-0.1, -0.05) is 35.3 Å². The first-order valence-corrected chi connectivity index (χ1v) is 8.46. The van der Waals surface area contributed by atoms with Crippen LogP contribution in [0.4, 0.5) is 0 Å². The molecule has 0 aliphatic heterocycles. The van der Waals surface area contributed by atoms with Crippen LogP contribution in [-0.4, -0.2) is 16.7 Å². The molecule has 1 aliphatic carbocycles. The van der Waals surface area contributed by atoms with Crippen molar-refractivity contribution in [1.29, 1.82) is 0 Å². The zero-order valence-electron chi connectivity index (χ0n) is 11.7. The number of benzene rings is 1. The maximum absolute atomic E-state index is 6.13. The summed E-state index contributed by atoms with van der Waals surface area (Å²) in [6.07, 6.45) is 4.37. The zero-order valence-corrected chi connectivity index (χ0v) is 13.3. The van der Waals surface area contributed by atoms with Crippen LogP contribution in [0.5, 0.6) is 0 Å². The molecule has 0 saturated heterocycles. The lowest BCUT2D eigenvalue weighted by molar-refractivity contribution is 0.129. The van der Waals surface area contributed by atoms with E-state index >= 15 is 0 Å². The summed E-state index contributed by atoms with van der Waals surface area (Å²) in [6.45, 7) is 0.694. The molecule has 0 radical (unpaired) electrons. The van der Waals surface area contributed by atoms with E-state index in [0.29, 0.717) is 24.0 Å². The quantitative estimate of drug-likeness (QED) is 0.821. The van der Waals surface area contributed by atoms with Crippen LogP contribution >= 0.6 is 23.4 Å². The first-order chi connectivity index (χ1) is 10.2. The molecule has 1 aromatic carbocycles. The van der Waals surface area contributed by atoms with Gasteiger partial charge in [0.05, 0.1) is 10.8 Å². The van der Waals surface area contributed by atoms with Crippen molar-refractivity contribution in [3.05, 3.63) is 41.0 Å². The van der Waals surface area contributed by atoms with Crippen LogP contribution < -0.4 is 5.73 Å². The molecule has 0 spiro atoms. The Kier molecular flexibility index (Phi) is 4.52. The summed E-state index contributed by atoms with van der Waals surface area (Å²) in [5, 5.41) is 4.80. The molecule has 3 rings (SSSR count). The van der Waals surface area contributed by atoms with Crippen LogP contribution in [-0.2, 0) is 12.2 Å². The molecule has 0 unspecified atom stereocenters. The molecule has 1 saturated carbocycles. The second-order valence-corrected chi connectivity index (χ2v) is 6.98. The number of hydrogen-bond donors (Lipinski definition) is 1. The third-order valence-corrected chi connectivity index (χ3v) is 5.59. The van der Waals surface area contributed by atoms with E-state index in [2.05, 4.69) is 10.1 Å². The summed E-state index contributed by atoms with van der Waals surface area (Å²) in [5.74, 6) is 2.07. The van der Waals surface area contributed by atoms with Gasteiger partial charge in [0.25, 0.3) is 0 Å². The minimum absolute atomic E-state index is 0.194. The fourth-order valence-corrected chi connectivity index (χ4v) is 3.66. The average molecular weight is 324 g/mol. The summed E-state index contributed by atoms with van der Waals surface area (Å²) in [7, 11) is 0. The predicted octanol–water partition coefficient (Wildman–Crippen LogP) is 3.69. The van der Waals surface area contributed by atoms with E-state index in [-0.39, 0.29) is 5.41 Å². The van der Waals surface area contributed by atoms with Gasteiger partial charge in [0.2, 0.25) is 5.89 Å². The molecule has 112 valence electrons. The number of hydrogen-bond acceptors (Lipinski definition) is 5. The van der Waals surface area contributed by atoms with E-state index in [9.17, 15) is 0 Å². The van der Waals surface area contributed by atoms with Gasteiger partial charge in [-0.05, 0) is 36.9 Å². The molecule has 0 amide bonds. The van der Waals surface area contributed by atoms with E-state index in [4.69, 9.17) is 21.9 Å². The minimum Gasteiger partial charge on any atom is -0.339 e. The SMILES string of the molecule is NCC1(Cc2nc(CSc3ccccc3Cl)no2)CCC1. The Labute approximate surface area is 133 Å². The molecule has 0 atom stereocenters. The Morgan fingerprint density at radius 2 is 2.14 bits per heavy atom. The standard InChI is InChI=1S/C15H18ClN3OS/c16-11-4-1-2-5-12(11)21-9-13-18-14(20-19-13)8-15(10-17)6-3-7-15/h1-2,4-5H,3,6-10,17H2. The van der Waals surface area contributed by atoms with Gasteiger partial charge in [0, 0.05) is 11.3 Å². The van der Waals surface area contributed by atoms with E-state index in [1.807, 2.05) is 24.3 Å². The first kappa shape index (κ1) is 14.9. The lowest BCUT2D eigenvalue weighted by Crippen LogP contribution is -2.39. The maximum Gasteiger partial charge on any atom is 0.227 e. The molecule has 1 aromatic heterocycles. The van der Waals surface area contributed by atoms with Crippen molar-refractivity contribution in [2.45, 2.75) is 36.3 Å². The molecule has 4 nitrogen and oxygen atoms in total. The lowest BCUT2D eigenvalue weighted by atomic mass is 9.67. The van der Waals surface area contributed by atoms with Crippen LogP contribution in [0.15, 0.2) is 33.7 Å². The minimum atomic E-state index is 0.194. The molecule has 2 aromatic rings. The predicted molar refractivity (Wildman–Crippen MR) is 84.4 cm³/mol. The second-order valence-electron chi connectivity index (χ2n) is 5.56. The van der Waals surface area contributed by atoms with Crippen molar-refractivity contribution in [2.75, 3.05) is 6.54 Å². The van der Waals surface area contributed by atoms with Crippen LogP contribution in [0.1, 0.15) is 31.0 Å². The third kappa shape index (κ3) is 3.42. The van der Waals surface area contributed by atoms with Gasteiger partial charge in [-0.25, -0.2) is 0 Å². The highest BCUT2D eigenvalue weighted by Gasteiger charge is 2.37. The summed E-state index contributed by atoms with van der Waals surface area (Å²) < 4.78 is 5.35. The molecule has 1 fully saturated rings. The maximum atomic E-state index is 6.13. The van der Waals surface area contributed by atoms with E-state index in [0.717, 1.165) is 29.2 Å². The fourth-order valence-electron chi connectivity index (χ4n) is 2.58. The van der Waals surface area contributed by atoms with Gasteiger partial charge in [0.15, 0.2) is 5.82 Å². The van der Waals surface area contributed by atoms with E-state index in [1.54, 1.807) is 11.8 Å². The van der Waals surface area contributed by atoms with Crippen molar-refractivity contribution in [3.8, 4) is 0 Å². The molecule has 2 N–H and O–H groups in total. The second kappa shape index (κ2) is 6.38. The number of nitrogens with two attached hydrogens (primary N) is 1. The van der Waals surface area contributed by atoms with Crippen LogP contribution in [0, 0.1) is 5.41 Å². The smallest absolute Gasteiger partial charge is 0.227 e. The van der Waals surface area contributed by atoms with Gasteiger partial charge < -0.3 is 10.3 Å². The summed E-state index contributed by atoms with van der Waals surface area (Å²) in [6, 6.07) is 7.76. The Bertz CT molecular complexity index is 607. The summed E-state index contributed by atoms with van der Waals surface area (Å²) in [4.78, 5) is 5.50. The molecular formula is C15H18ClN3OS. The highest BCUT2D eigenvalue weighted by atomic mass is 35.5. The van der Waals surface area contributed by atoms with E-state index < -0.39 is 0 Å². The number of aromatic nitrogens is 2. The van der Waals surface area contributed by atoms with Crippen molar-refractivity contribution >= 4 is 23.4 Å². The summed E-state index contributed by atoms with van der Waals surface area (Å²) in [5.41, 5.74) is 6.06. The Morgan fingerprint density at radius 3 is 2.81 bits per heavy atom. The van der Waals surface area contributed by atoms with Crippen molar-refractivity contribution in [2.24, 2.45) is 11.1 Å². The van der Waals surface area contributed by atoms with Gasteiger partial charge in [0.1, 0.15) is 0 Å². The largest absolute Gasteiger partial charge is 0.339 e. The third-order valence-electron chi connectivity index (χ3n) is 4.08. The highest BCUT2D eigenvalue weighted by molar-refractivity contribution is 7.98.